The molecule has 212 valence electrons. The van der Waals surface area contributed by atoms with Gasteiger partial charge in [0.15, 0.2) is 17.6 Å². The number of hydrogen-bond acceptors (Lipinski definition) is 8. The van der Waals surface area contributed by atoms with E-state index in [-0.39, 0.29) is 11.4 Å². The Balaban J connectivity index is 1.36. The Labute approximate surface area is 241 Å². The summed E-state index contributed by atoms with van der Waals surface area (Å²) in [7, 11) is 0. The Kier molecular flexibility index (Phi) is 7.28. The summed E-state index contributed by atoms with van der Waals surface area (Å²) in [6.45, 7) is 2.62. The fourth-order valence-corrected chi connectivity index (χ4v) is 5.36. The van der Waals surface area contributed by atoms with E-state index in [0.717, 1.165) is 10.5 Å². The Morgan fingerprint density at radius 1 is 0.810 bits per heavy atom. The van der Waals surface area contributed by atoms with E-state index in [1.165, 1.54) is 24.3 Å². The van der Waals surface area contributed by atoms with Crippen LogP contribution in [0.4, 0.5) is 17.1 Å². The van der Waals surface area contributed by atoms with Crippen LogP contribution in [-0.4, -0.2) is 29.4 Å². The van der Waals surface area contributed by atoms with Crippen LogP contribution in [0.3, 0.4) is 0 Å². The van der Waals surface area contributed by atoms with E-state index in [1.54, 1.807) is 11.1 Å². The maximum Gasteiger partial charge on any atom is 0.269 e. The number of rotatable bonds is 9. The van der Waals surface area contributed by atoms with Gasteiger partial charge in [0.1, 0.15) is 12.5 Å². The highest BCUT2D eigenvalue weighted by molar-refractivity contribution is 6.24. The number of nitrogens with zero attached hydrogens (tertiary/aromatic N) is 3. The van der Waals surface area contributed by atoms with Crippen molar-refractivity contribution in [1.29, 1.82) is 0 Å². The molecular weight excluding hydrogens is 538 g/mol. The van der Waals surface area contributed by atoms with Gasteiger partial charge in [-0.3, -0.25) is 24.5 Å². The number of carbonyl (C=O) groups is 2. The van der Waals surface area contributed by atoms with Crippen molar-refractivity contribution in [2.75, 3.05) is 16.6 Å². The van der Waals surface area contributed by atoms with Gasteiger partial charge in [0, 0.05) is 12.1 Å². The number of ether oxygens (including phenoxy) is 2. The Hall–Kier alpha value is -5.22. The van der Waals surface area contributed by atoms with E-state index in [9.17, 15) is 19.7 Å². The standard InChI is InChI=1S/C32H27N3O7/c1-2-40-27-19-22(13-18-26(27)41-20-21-9-5-3-6-10-21)29-28-30(42-34(29)24-11-7-4-8-12-24)32(37)33(31(28)36)23-14-16-25(17-15-23)35(38)39/h3-19,28-30H,2,20H2,1H3/t28-,29+,30+/m1/s1. The van der Waals surface area contributed by atoms with Crippen LogP contribution in [0.2, 0.25) is 0 Å². The summed E-state index contributed by atoms with van der Waals surface area (Å²) >= 11 is 0. The fourth-order valence-electron chi connectivity index (χ4n) is 5.36. The summed E-state index contributed by atoms with van der Waals surface area (Å²) in [5.74, 6) is -0.808. The van der Waals surface area contributed by atoms with Gasteiger partial charge in [-0.05, 0) is 54.4 Å². The number of carbonyl (C=O) groups excluding carboxylic acids is 2. The maximum absolute atomic E-state index is 13.9. The molecule has 0 aliphatic carbocycles. The van der Waals surface area contributed by atoms with E-state index < -0.39 is 34.8 Å². The lowest BCUT2D eigenvalue weighted by Crippen LogP contribution is -2.37. The van der Waals surface area contributed by atoms with Gasteiger partial charge in [0.05, 0.1) is 28.9 Å². The number of para-hydroxylation sites is 1. The molecule has 2 aliphatic rings. The van der Waals surface area contributed by atoms with Crippen LogP contribution < -0.4 is 19.4 Å². The van der Waals surface area contributed by atoms with Crippen molar-refractivity contribution in [3.05, 3.63) is 124 Å². The average Bonchev–Trinajstić information content (AvgIpc) is 3.53. The molecule has 3 atom stereocenters. The van der Waals surface area contributed by atoms with Crippen LogP contribution in [0.15, 0.2) is 103 Å². The third kappa shape index (κ3) is 4.92. The van der Waals surface area contributed by atoms with Crippen molar-refractivity contribution >= 4 is 28.9 Å². The molecule has 2 aliphatic heterocycles. The van der Waals surface area contributed by atoms with Gasteiger partial charge < -0.3 is 9.47 Å². The normalized spacial score (nSPS) is 19.6. The van der Waals surface area contributed by atoms with Crippen LogP contribution in [0.25, 0.3) is 0 Å². The molecule has 0 saturated carbocycles. The molecule has 0 N–H and O–H groups in total. The molecule has 0 unspecified atom stereocenters. The molecule has 6 rings (SSSR count). The largest absolute Gasteiger partial charge is 0.490 e. The predicted molar refractivity (Wildman–Crippen MR) is 154 cm³/mol. The zero-order valence-electron chi connectivity index (χ0n) is 22.7. The van der Waals surface area contributed by atoms with Gasteiger partial charge >= 0.3 is 0 Å². The number of non-ortho nitro benzene ring substituents is 1. The molecule has 2 amide bonds. The quantitative estimate of drug-likeness (QED) is 0.146. The fraction of sp³-hybridized carbons (Fsp3) is 0.188. The summed E-state index contributed by atoms with van der Waals surface area (Å²) in [6.07, 6.45) is -1.08. The van der Waals surface area contributed by atoms with Crippen molar-refractivity contribution in [3.8, 4) is 11.5 Å². The number of imide groups is 1. The molecule has 0 aromatic heterocycles. The topological polar surface area (TPSA) is 111 Å². The van der Waals surface area contributed by atoms with Gasteiger partial charge in [-0.1, -0.05) is 54.6 Å². The minimum atomic E-state index is -1.08. The van der Waals surface area contributed by atoms with Crippen LogP contribution in [-0.2, 0) is 21.0 Å². The molecule has 4 aromatic rings. The molecule has 10 heteroatoms. The number of benzene rings is 4. The highest BCUT2D eigenvalue weighted by Crippen LogP contribution is 2.48. The lowest BCUT2D eigenvalue weighted by molar-refractivity contribution is -0.384. The van der Waals surface area contributed by atoms with Crippen molar-refractivity contribution in [3.63, 3.8) is 0 Å². The van der Waals surface area contributed by atoms with Gasteiger partial charge in [-0.25, -0.2) is 9.96 Å². The third-order valence-corrected chi connectivity index (χ3v) is 7.29. The minimum absolute atomic E-state index is 0.138. The first-order valence-electron chi connectivity index (χ1n) is 13.5. The Bertz CT molecular complexity index is 1610. The number of hydrogen-bond donors (Lipinski definition) is 0. The first-order valence-corrected chi connectivity index (χ1v) is 13.5. The molecule has 0 radical (unpaired) electrons. The van der Waals surface area contributed by atoms with Crippen molar-refractivity contribution in [1.82, 2.24) is 0 Å². The Morgan fingerprint density at radius 3 is 2.17 bits per heavy atom. The highest BCUT2D eigenvalue weighted by Gasteiger charge is 2.60. The molecule has 2 saturated heterocycles. The van der Waals surface area contributed by atoms with Gasteiger partial charge in [0.25, 0.3) is 11.6 Å². The summed E-state index contributed by atoms with van der Waals surface area (Å²) in [4.78, 5) is 45.4. The smallest absolute Gasteiger partial charge is 0.269 e. The predicted octanol–water partition coefficient (Wildman–Crippen LogP) is 5.62. The molecular formula is C32H27N3O7. The zero-order chi connectivity index (χ0) is 29.2. The lowest BCUT2D eigenvalue weighted by atomic mass is 9.90. The average molecular weight is 566 g/mol. The number of fused-ring (bicyclic) bond motifs is 1. The molecule has 2 heterocycles. The van der Waals surface area contributed by atoms with E-state index >= 15 is 0 Å². The first kappa shape index (κ1) is 27.0. The molecule has 42 heavy (non-hydrogen) atoms. The second-order valence-corrected chi connectivity index (χ2v) is 9.86. The summed E-state index contributed by atoms with van der Waals surface area (Å²) in [5, 5.41) is 12.7. The number of amides is 2. The van der Waals surface area contributed by atoms with E-state index in [2.05, 4.69) is 0 Å². The zero-order valence-corrected chi connectivity index (χ0v) is 22.7. The van der Waals surface area contributed by atoms with E-state index in [1.807, 2.05) is 79.7 Å². The number of nitro groups is 1. The minimum Gasteiger partial charge on any atom is -0.490 e. The molecule has 0 spiro atoms. The molecule has 10 nitrogen and oxygen atoms in total. The molecule has 2 fully saturated rings. The molecule has 0 bridgehead atoms. The number of nitro benzene ring substituents is 1. The van der Waals surface area contributed by atoms with E-state index in [0.29, 0.717) is 36.0 Å². The highest BCUT2D eigenvalue weighted by atomic mass is 16.7. The summed E-state index contributed by atoms with van der Waals surface area (Å²) in [5.41, 5.74) is 2.50. The van der Waals surface area contributed by atoms with Crippen molar-refractivity contribution in [2.45, 2.75) is 25.7 Å². The van der Waals surface area contributed by atoms with E-state index in [4.69, 9.17) is 14.3 Å². The summed E-state index contributed by atoms with van der Waals surface area (Å²) < 4.78 is 12.0. The summed E-state index contributed by atoms with van der Waals surface area (Å²) in [6, 6.07) is 29.2. The first-order chi connectivity index (χ1) is 20.5. The second-order valence-electron chi connectivity index (χ2n) is 9.86. The van der Waals surface area contributed by atoms with Gasteiger partial charge in [0.2, 0.25) is 5.91 Å². The molecule has 4 aromatic carbocycles. The van der Waals surface area contributed by atoms with Crippen molar-refractivity contribution < 1.29 is 28.8 Å². The van der Waals surface area contributed by atoms with Crippen molar-refractivity contribution in [2.24, 2.45) is 5.92 Å². The number of anilines is 2. The van der Waals surface area contributed by atoms with Crippen LogP contribution in [0.5, 0.6) is 11.5 Å². The Morgan fingerprint density at radius 2 is 1.50 bits per heavy atom. The maximum atomic E-state index is 13.9. The number of hydroxylamine groups is 1. The van der Waals surface area contributed by atoms with Crippen LogP contribution >= 0.6 is 0 Å². The van der Waals surface area contributed by atoms with Gasteiger partial charge in [-0.2, -0.15) is 0 Å². The SMILES string of the molecule is CCOc1cc([C@H]2[C@H]3C(=O)N(c4ccc([N+](=O)[O-])cc4)C(=O)[C@H]3ON2c2ccccc2)ccc1OCc1ccccc1. The van der Waals surface area contributed by atoms with Gasteiger partial charge in [-0.15, -0.1) is 0 Å². The second kappa shape index (κ2) is 11.3. The lowest BCUT2D eigenvalue weighted by Gasteiger charge is -2.29. The van der Waals surface area contributed by atoms with Crippen LogP contribution in [0.1, 0.15) is 24.1 Å². The van der Waals surface area contributed by atoms with Crippen LogP contribution in [0, 0.1) is 16.0 Å². The third-order valence-electron chi connectivity index (χ3n) is 7.29. The monoisotopic (exact) mass is 565 g/mol.